The molecule has 4 nitrogen and oxygen atoms in total. The molecule has 0 amide bonds. The minimum absolute atomic E-state index is 0.0224. The maximum absolute atomic E-state index is 5.74. The van der Waals surface area contributed by atoms with Gasteiger partial charge in [0.05, 0.1) is 7.11 Å². The van der Waals surface area contributed by atoms with Gasteiger partial charge in [-0.15, -0.1) is 0 Å². The first kappa shape index (κ1) is 11.4. The van der Waals surface area contributed by atoms with Crippen LogP contribution < -0.4 is 10.5 Å². The van der Waals surface area contributed by atoms with E-state index >= 15 is 0 Å². The lowest BCUT2D eigenvalue weighted by molar-refractivity contribution is 0.0858. The summed E-state index contributed by atoms with van der Waals surface area (Å²) in [5, 5.41) is 3.81. The van der Waals surface area contributed by atoms with Gasteiger partial charge in [0, 0.05) is 5.56 Å². The number of ether oxygens (including phenoxy) is 1. The van der Waals surface area contributed by atoms with Gasteiger partial charge in [-0.05, 0) is 26.0 Å². The van der Waals surface area contributed by atoms with Crippen LogP contribution in [-0.2, 0) is 4.84 Å². The highest BCUT2D eigenvalue weighted by molar-refractivity contribution is 5.97. The third-order valence-electron chi connectivity index (χ3n) is 1.73. The topological polar surface area (TPSA) is 56.8 Å². The first-order valence-electron chi connectivity index (χ1n) is 4.77. The van der Waals surface area contributed by atoms with Gasteiger partial charge >= 0.3 is 0 Å². The Hall–Kier alpha value is -1.71. The summed E-state index contributed by atoms with van der Waals surface area (Å²) in [5.74, 6) is 1.10. The Balaban J connectivity index is 2.81. The van der Waals surface area contributed by atoms with Gasteiger partial charge in [0.1, 0.15) is 11.9 Å². The molecule has 1 rings (SSSR count). The van der Waals surface area contributed by atoms with Crippen LogP contribution in [0.5, 0.6) is 5.75 Å². The van der Waals surface area contributed by atoms with E-state index in [1.54, 1.807) is 7.11 Å². The molecule has 0 unspecified atom stereocenters. The van der Waals surface area contributed by atoms with Gasteiger partial charge in [-0.2, -0.15) is 0 Å². The Morgan fingerprint density at radius 1 is 1.40 bits per heavy atom. The fourth-order valence-electron chi connectivity index (χ4n) is 0.997. The molecule has 0 spiro atoms. The third-order valence-corrected chi connectivity index (χ3v) is 1.73. The van der Waals surface area contributed by atoms with Gasteiger partial charge in [-0.3, -0.25) is 0 Å². The minimum Gasteiger partial charge on any atom is -0.497 e. The van der Waals surface area contributed by atoms with Crippen LogP contribution in [-0.4, -0.2) is 19.0 Å². The predicted octanol–water partition coefficient (Wildman–Crippen LogP) is 1.74. The van der Waals surface area contributed by atoms with E-state index in [1.807, 2.05) is 38.1 Å². The molecule has 0 saturated heterocycles. The van der Waals surface area contributed by atoms with Crippen molar-refractivity contribution < 1.29 is 9.57 Å². The van der Waals surface area contributed by atoms with E-state index in [4.69, 9.17) is 15.3 Å². The maximum atomic E-state index is 5.74. The zero-order valence-corrected chi connectivity index (χ0v) is 9.23. The van der Waals surface area contributed by atoms with E-state index < -0.39 is 0 Å². The number of nitrogens with two attached hydrogens (primary N) is 1. The van der Waals surface area contributed by atoms with E-state index in [0.29, 0.717) is 5.84 Å². The number of rotatable bonds is 4. The molecule has 0 aromatic heterocycles. The number of benzene rings is 1. The quantitative estimate of drug-likeness (QED) is 0.466. The molecular formula is C11H16N2O2. The molecule has 4 heteroatoms. The van der Waals surface area contributed by atoms with Crippen LogP contribution in [0, 0.1) is 0 Å². The molecular weight excluding hydrogens is 192 g/mol. The Kier molecular flexibility index (Phi) is 3.97. The molecule has 0 fully saturated rings. The summed E-state index contributed by atoms with van der Waals surface area (Å²) in [6, 6.07) is 7.36. The van der Waals surface area contributed by atoms with Gasteiger partial charge in [0.2, 0.25) is 0 Å². The van der Waals surface area contributed by atoms with Crippen LogP contribution in [0.25, 0.3) is 0 Å². The second kappa shape index (κ2) is 5.24. The molecule has 15 heavy (non-hydrogen) atoms. The molecule has 0 heterocycles. The number of hydrogen-bond acceptors (Lipinski definition) is 3. The minimum atomic E-state index is 0.0224. The molecule has 0 atom stereocenters. The molecule has 0 radical (unpaired) electrons. The van der Waals surface area contributed by atoms with E-state index in [9.17, 15) is 0 Å². The van der Waals surface area contributed by atoms with E-state index in [2.05, 4.69) is 5.16 Å². The van der Waals surface area contributed by atoms with Crippen molar-refractivity contribution in [1.82, 2.24) is 0 Å². The molecule has 0 aliphatic rings. The molecule has 0 aliphatic carbocycles. The first-order valence-corrected chi connectivity index (χ1v) is 4.77. The SMILES string of the molecule is COc1cccc(/C(N)=N/OC(C)C)c1. The van der Waals surface area contributed by atoms with Crippen LogP contribution in [0.15, 0.2) is 29.4 Å². The van der Waals surface area contributed by atoms with E-state index in [1.165, 1.54) is 0 Å². The van der Waals surface area contributed by atoms with Crippen LogP contribution >= 0.6 is 0 Å². The molecule has 2 N–H and O–H groups in total. The smallest absolute Gasteiger partial charge is 0.170 e. The lowest BCUT2D eigenvalue weighted by atomic mass is 10.2. The zero-order chi connectivity index (χ0) is 11.3. The summed E-state index contributed by atoms with van der Waals surface area (Å²) in [6.45, 7) is 3.78. The highest BCUT2D eigenvalue weighted by atomic mass is 16.6. The van der Waals surface area contributed by atoms with Crippen LogP contribution in [0.1, 0.15) is 19.4 Å². The second-order valence-electron chi connectivity index (χ2n) is 3.36. The Morgan fingerprint density at radius 3 is 2.73 bits per heavy atom. The van der Waals surface area contributed by atoms with E-state index in [0.717, 1.165) is 11.3 Å². The monoisotopic (exact) mass is 208 g/mol. The van der Waals surface area contributed by atoms with Gasteiger partial charge < -0.3 is 15.3 Å². The number of nitrogens with zero attached hydrogens (tertiary/aromatic N) is 1. The van der Waals surface area contributed by atoms with Crippen LogP contribution in [0.2, 0.25) is 0 Å². The summed E-state index contributed by atoms with van der Waals surface area (Å²) in [7, 11) is 1.61. The summed E-state index contributed by atoms with van der Waals surface area (Å²) in [4.78, 5) is 5.05. The lowest BCUT2D eigenvalue weighted by Gasteiger charge is -2.05. The summed E-state index contributed by atoms with van der Waals surface area (Å²) in [5.41, 5.74) is 6.52. The number of amidine groups is 1. The van der Waals surface area contributed by atoms with Crippen molar-refractivity contribution in [1.29, 1.82) is 0 Å². The highest BCUT2D eigenvalue weighted by Crippen LogP contribution is 2.12. The largest absolute Gasteiger partial charge is 0.497 e. The second-order valence-corrected chi connectivity index (χ2v) is 3.36. The molecule has 0 aliphatic heterocycles. The fraction of sp³-hybridized carbons (Fsp3) is 0.364. The molecule has 0 saturated carbocycles. The molecule has 82 valence electrons. The van der Waals surface area contributed by atoms with Crippen molar-refractivity contribution in [2.45, 2.75) is 20.0 Å². The average Bonchev–Trinajstić information content (AvgIpc) is 2.26. The summed E-state index contributed by atoms with van der Waals surface area (Å²) < 4.78 is 5.08. The van der Waals surface area contributed by atoms with Crippen LogP contribution in [0.4, 0.5) is 0 Å². The third kappa shape index (κ3) is 3.50. The molecule has 1 aromatic carbocycles. The number of methoxy groups -OCH3 is 1. The van der Waals surface area contributed by atoms with Crippen molar-refractivity contribution in [2.24, 2.45) is 10.9 Å². The van der Waals surface area contributed by atoms with Gasteiger partial charge in [0.25, 0.3) is 0 Å². The van der Waals surface area contributed by atoms with E-state index in [-0.39, 0.29) is 6.10 Å². The van der Waals surface area contributed by atoms with Gasteiger partial charge in [-0.1, -0.05) is 17.3 Å². The van der Waals surface area contributed by atoms with Crippen molar-refractivity contribution >= 4 is 5.84 Å². The number of hydrogen-bond donors (Lipinski definition) is 1. The standard InChI is InChI=1S/C11H16N2O2/c1-8(2)15-13-11(12)9-5-4-6-10(7-9)14-3/h4-8H,1-3H3,(H2,12,13). The summed E-state index contributed by atoms with van der Waals surface area (Å²) >= 11 is 0. The zero-order valence-electron chi connectivity index (χ0n) is 9.23. The lowest BCUT2D eigenvalue weighted by Crippen LogP contribution is -2.15. The van der Waals surface area contributed by atoms with Crippen molar-refractivity contribution in [2.75, 3.05) is 7.11 Å². The fourth-order valence-corrected chi connectivity index (χ4v) is 0.997. The van der Waals surface area contributed by atoms with Gasteiger partial charge in [-0.25, -0.2) is 0 Å². The van der Waals surface area contributed by atoms with Crippen molar-refractivity contribution in [3.63, 3.8) is 0 Å². The maximum Gasteiger partial charge on any atom is 0.170 e. The van der Waals surface area contributed by atoms with Crippen molar-refractivity contribution in [3.05, 3.63) is 29.8 Å². The molecule has 0 bridgehead atoms. The Bertz CT molecular complexity index is 348. The highest BCUT2D eigenvalue weighted by Gasteiger charge is 2.01. The predicted molar refractivity (Wildman–Crippen MR) is 59.9 cm³/mol. The van der Waals surface area contributed by atoms with Crippen LogP contribution in [0.3, 0.4) is 0 Å². The number of oxime groups is 1. The Labute approximate surface area is 89.7 Å². The normalized spacial score (nSPS) is 11.6. The average molecular weight is 208 g/mol. The van der Waals surface area contributed by atoms with Crippen molar-refractivity contribution in [3.8, 4) is 5.75 Å². The molecule has 1 aromatic rings. The summed E-state index contributed by atoms with van der Waals surface area (Å²) in [6.07, 6.45) is 0.0224. The Morgan fingerprint density at radius 2 is 2.13 bits per heavy atom. The van der Waals surface area contributed by atoms with Gasteiger partial charge in [0.15, 0.2) is 5.84 Å². The first-order chi connectivity index (χ1) is 7.13.